The number of nitrogens with one attached hydrogen (secondary N) is 1. The quantitative estimate of drug-likeness (QED) is 0.335. The van der Waals surface area contributed by atoms with Crippen molar-refractivity contribution in [2.45, 2.75) is 93.1 Å². The molecule has 2 amide bonds. The number of nitrogens with zero attached hydrogens (tertiary/aromatic N) is 1. The number of carbonyl (C=O) groups excluding carboxylic acids is 4. The normalized spacial score (nSPS) is 25.7. The summed E-state index contributed by atoms with van der Waals surface area (Å²) in [6, 6.07) is 3.67. The number of hydrogen-bond donors (Lipinski definition) is 2. The first-order chi connectivity index (χ1) is 22.3. The summed E-state index contributed by atoms with van der Waals surface area (Å²) in [7, 11) is -4.15. The van der Waals surface area contributed by atoms with Crippen LogP contribution in [0.5, 0.6) is 0 Å². The van der Waals surface area contributed by atoms with Gasteiger partial charge in [0.25, 0.3) is 5.91 Å². The standard InChI is InChI=1S/C33H36ClF3N2O8S/c1-32(2,3)47-31(43)39-16-21(40)15-26(39)27(41)8-9-33(44)18-5-6-19(33)12-22(11-18)48(45,46)28-10-17(4-7-23(28)34)30(42)38-20-13-24(35)29(37)25(36)14-20/h4,7,10,13-14,18-19,22,26,44H,5-6,8-9,11-12,15-16H2,1-3H3,(H,38,42)/t18-,19?,22?,26-,33?/m0/s1. The van der Waals surface area contributed by atoms with Gasteiger partial charge in [-0.05, 0) is 82.9 Å². The number of sulfone groups is 1. The van der Waals surface area contributed by atoms with Crippen molar-refractivity contribution in [3.63, 3.8) is 0 Å². The van der Waals surface area contributed by atoms with Gasteiger partial charge in [-0.25, -0.2) is 26.4 Å². The maximum absolute atomic E-state index is 13.9. The monoisotopic (exact) mass is 712 g/mol. The van der Waals surface area contributed by atoms with E-state index in [4.69, 9.17) is 16.3 Å². The number of aliphatic hydroxyl groups is 1. The molecule has 10 nitrogen and oxygen atoms in total. The van der Waals surface area contributed by atoms with Gasteiger partial charge in [-0.1, -0.05) is 11.6 Å². The molecule has 0 aromatic heterocycles. The first kappa shape index (κ1) is 35.8. The summed E-state index contributed by atoms with van der Waals surface area (Å²) in [6.45, 7) is 4.78. The first-order valence-corrected chi connectivity index (χ1v) is 17.5. The Labute approximate surface area is 280 Å². The highest BCUT2D eigenvalue weighted by molar-refractivity contribution is 7.92. The third-order valence-electron chi connectivity index (χ3n) is 9.47. The number of anilines is 1. The van der Waals surface area contributed by atoms with Crippen LogP contribution in [0.15, 0.2) is 35.2 Å². The van der Waals surface area contributed by atoms with Crippen molar-refractivity contribution in [2.75, 3.05) is 11.9 Å². The van der Waals surface area contributed by atoms with Gasteiger partial charge in [-0.3, -0.25) is 19.3 Å². The Morgan fingerprint density at radius 3 is 2.25 bits per heavy atom. The number of ketones is 2. The van der Waals surface area contributed by atoms with Crippen LogP contribution in [0, 0.1) is 29.3 Å². The van der Waals surface area contributed by atoms with Crippen LogP contribution in [0.3, 0.4) is 0 Å². The fourth-order valence-corrected chi connectivity index (χ4v) is 9.53. The Bertz CT molecular complexity index is 1740. The third-order valence-corrected chi connectivity index (χ3v) is 12.1. The minimum absolute atomic E-state index is 0.0295. The number of Topliss-reactive ketones (excluding diaryl/α,β-unsaturated/α-hetero) is 2. The molecule has 3 aliphatic rings. The number of amides is 2. The molecule has 0 radical (unpaired) electrons. The molecular weight excluding hydrogens is 677 g/mol. The Morgan fingerprint density at radius 1 is 1.06 bits per heavy atom. The van der Waals surface area contributed by atoms with E-state index in [1.807, 2.05) is 0 Å². The van der Waals surface area contributed by atoms with Crippen LogP contribution in [-0.2, 0) is 24.2 Å². The van der Waals surface area contributed by atoms with Gasteiger partial charge in [-0.2, -0.15) is 0 Å². The van der Waals surface area contributed by atoms with E-state index >= 15 is 0 Å². The molecule has 3 unspecified atom stereocenters. The summed E-state index contributed by atoms with van der Waals surface area (Å²) >= 11 is 6.30. The number of halogens is 4. The lowest BCUT2D eigenvalue weighted by Crippen LogP contribution is -2.49. The second-order valence-corrected chi connectivity index (χ2v) is 16.4. The Hall–Kier alpha value is -3.49. The van der Waals surface area contributed by atoms with Gasteiger partial charge in [0, 0.05) is 36.2 Å². The maximum atomic E-state index is 13.9. The number of carbonyl (C=O) groups is 4. The third kappa shape index (κ3) is 7.11. The maximum Gasteiger partial charge on any atom is 0.411 e. The molecule has 2 bridgehead atoms. The van der Waals surface area contributed by atoms with Crippen LogP contribution in [0.4, 0.5) is 23.7 Å². The predicted molar refractivity (Wildman–Crippen MR) is 168 cm³/mol. The van der Waals surface area contributed by atoms with Crippen LogP contribution in [0.2, 0.25) is 5.02 Å². The van der Waals surface area contributed by atoms with Gasteiger partial charge in [0.05, 0.1) is 27.3 Å². The zero-order valence-corrected chi connectivity index (χ0v) is 28.1. The van der Waals surface area contributed by atoms with E-state index in [1.165, 1.54) is 12.1 Å². The SMILES string of the molecule is CC(C)(C)OC(=O)N1CC(=O)C[C@H]1C(=O)CCC1(O)C2CC[C@H]1CC(S(=O)(=O)c1cc(C(=O)Nc3cc(F)c(F)c(F)c3)ccc1Cl)C2. The highest BCUT2D eigenvalue weighted by atomic mass is 35.5. The summed E-state index contributed by atoms with van der Waals surface area (Å²) in [5.74, 6) is -7.25. The molecule has 2 aromatic rings. The number of hydrogen-bond acceptors (Lipinski definition) is 8. The molecule has 1 aliphatic heterocycles. The number of likely N-dealkylation sites (tertiary alicyclic amines) is 1. The predicted octanol–water partition coefficient (Wildman–Crippen LogP) is 5.63. The number of ether oxygens (including phenoxy) is 1. The lowest BCUT2D eigenvalue weighted by molar-refractivity contribution is -0.127. The fourth-order valence-electron chi connectivity index (χ4n) is 7.13. The molecule has 3 fully saturated rings. The van der Waals surface area contributed by atoms with Crippen LogP contribution >= 0.6 is 11.6 Å². The average Bonchev–Trinajstić information content (AvgIpc) is 3.42. The van der Waals surface area contributed by atoms with Crippen molar-refractivity contribution in [1.82, 2.24) is 4.90 Å². The van der Waals surface area contributed by atoms with Crippen LogP contribution < -0.4 is 5.32 Å². The summed E-state index contributed by atoms with van der Waals surface area (Å²) < 4.78 is 73.7. The van der Waals surface area contributed by atoms with E-state index in [0.29, 0.717) is 25.0 Å². The van der Waals surface area contributed by atoms with E-state index < -0.39 is 73.6 Å². The second kappa shape index (κ2) is 13.1. The molecule has 2 aromatic carbocycles. The summed E-state index contributed by atoms with van der Waals surface area (Å²) in [6.07, 6.45) is 0.175. The van der Waals surface area contributed by atoms with Gasteiger partial charge in [0.1, 0.15) is 11.6 Å². The van der Waals surface area contributed by atoms with Crippen LogP contribution in [0.25, 0.3) is 0 Å². The molecular formula is C33H36ClF3N2O8S. The zero-order valence-electron chi connectivity index (χ0n) is 26.5. The number of benzene rings is 2. The molecule has 5 atom stereocenters. The molecule has 2 N–H and O–H groups in total. The molecule has 1 saturated heterocycles. The number of rotatable bonds is 8. The Kier molecular flexibility index (Phi) is 9.76. The largest absolute Gasteiger partial charge is 0.444 e. The molecule has 2 aliphatic carbocycles. The van der Waals surface area contributed by atoms with Crippen molar-refractivity contribution in [3.05, 3.63) is 58.4 Å². The average molecular weight is 713 g/mol. The second-order valence-electron chi connectivity index (χ2n) is 13.8. The highest BCUT2D eigenvalue weighted by Crippen LogP contribution is 2.54. The molecule has 2 saturated carbocycles. The zero-order chi connectivity index (χ0) is 35.3. The molecule has 48 heavy (non-hydrogen) atoms. The van der Waals surface area contributed by atoms with Crippen molar-refractivity contribution >= 4 is 50.7 Å². The smallest absolute Gasteiger partial charge is 0.411 e. The van der Waals surface area contributed by atoms with Gasteiger partial charge >= 0.3 is 6.09 Å². The first-order valence-electron chi connectivity index (χ1n) is 15.6. The minimum Gasteiger partial charge on any atom is -0.444 e. The van der Waals surface area contributed by atoms with E-state index in [2.05, 4.69) is 5.32 Å². The van der Waals surface area contributed by atoms with Crippen molar-refractivity contribution in [1.29, 1.82) is 0 Å². The Morgan fingerprint density at radius 2 is 1.67 bits per heavy atom. The Balaban J connectivity index is 1.27. The van der Waals surface area contributed by atoms with E-state index in [-0.39, 0.29) is 71.4 Å². The van der Waals surface area contributed by atoms with Gasteiger partial charge in [0.2, 0.25) is 0 Å². The fraction of sp³-hybridized carbons (Fsp3) is 0.515. The lowest BCUT2D eigenvalue weighted by Gasteiger charge is -2.42. The summed E-state index contributed by atoms with van der Waals surface area (Å²) in [5.41, 5.74) is -2.73. The van der Waals surface area contributed by atoms with Crippen molar-refractivity contribution < 1.29 is 50.6 Å². The summed E-state index contributed by atoms with van der Waals surface area (Å²) in [4.78, 5) is 51.8. The van der Waals surface area contributed by atoms with E-state index in [0.717, 1.165) is 11.0 Å². The molecule has 1 heterocycles. The van der Waals surface area contributed by atoms with Gasteiger partial charge in [0.15, 0.2) is 38.9 Å². The van der Waals surface area contributed by atoms with Gasteiger partial charge in [-0.15, -0.1) is 0 Å². The summed E-state index contributed by atoms with van der Waals surface area (Å²) in [5, 5.41) is 12.9. The molecule has 260 valence electrons. The van der Waals surface area contributed by atoms with E-state index in [9.17, 15) is 45.9 Å². The molecule has 5 rings (SSSR count). The highest BCUT2D eigenvalue weighted by Gasteiger charge is 2.56. The minimum atomic E-state index is -4.15. The van der Waals surface area contributed by atoms with Crippen molar-refractivity contribution in [3.8, 4) is 0 Å². The van der Waals surface area contributed by atoms with Crippen LogP contribution in [-0.4, -0.2) is 71.0 Å². The molecule has 15 heteroatoms. The number of fused-ring (bicyclic) bond motifs is 2. The lowest BCUT2D eigenvalue weighted by atomic mass is 9.71. The van der Waals surface area contributed by atoms with Crippen LogP contribution in [0.1, 0.15) is 76.1 Å². The van der Waals surface area contributed by atoms with Crippen molar-refractivity contribution in [2.24, 2.45) is 11.8 Å². The topological polar surface area (TPSA) is 147 Å². The van der Waals surface area contributed by atoms with E-state index in [1.54, 1.807) is 20.8 Å². The van der Waals surface area contributed by atoms with Gasteiger partial charge < -0.3 is 15.2 Å². The molecule has 0 spiro atoms.